The molecular formula is C21H27N3O4. The summed E-state index contributed by atoms with van der Waals surface area (Å²) in [5.41, 5.74) is 1.42. The third kappa shape index (κ3) is 3.57. The predicted octanol–water partition coefficient (Wildman–Crippen LogP) is 2.62. The Morgan fingerprint density at radius 3 is 2.54 bits per heavy atom. The van der Waals surface area contributed by atoms with Gasteiger partial charge >= 0.3 is 5.76 Å². The number of fused-ring (bicyclic) bond motifs is 1. The minimum Gasteiger partial charge on any atom is -0.408 e. The minimum atomic E-state index is -0.564. The van der Waals surface area contributed by atoms with Crippen molar-refractivity contribution in [1.29, 1.82) is 0 Å². The summed E-state index contributed by atoms with van der Waals surface area (Å²) in [6.07, 6.45) is 7.56. The number of likely N-dealkylation sites (tertiary alicyclic amines) is 1. The highest BCUT2D eigenvalue weighted by molar-refractivity contribution is 5.97. The molecule has 1 aromatic heterocycles. The lowest BCUT2D eigenvalue weighted by Crippen LogP contribution is -2.41. The molecule has 2 heterocycles. The van der Waals surface area contributed by atoms with Crippen molar-refractivity contribution in [3.8, 4) is 0 Å². The van der Waals surface area contributed by atoms with Gasteiger partial charge in [0.25, 0.3) is 5.91 Å². The molecule has 7 nitrogen and oxygen atoms in total. The van der Waals surface area contributed by atoms with Gasteiger partial charge in [0.15, 0.2) is 5.58 Å². The summed E-state index contributed by atoms with van der Waals surface area (Å²) in [6.45, 7) is 1.46. The van der Waals surface area contributed by atoms with E-state index in [1.54, 1.807) is 23.1 Å². The second-order valence-electron chi connectivity index (χ2n) is 7.93. The average molecular weight is 385 g/mol. The van der Waals surface area contributed by atoms with Crippen molar-refractivity contribution < 1.29 is 14.0 Å². The maximum absolute atomic E-state index is 12.8. The van der Waals surface area contributed by atoms with Crippen LogP contribution in [0.2, 0.25) is 0 Å². The number of amides is 2. The first-order chi connectivity index (χ1) is 13.5. The van der Waals surface area contributed by atoms with E-state index in [0.29, 0.717) is 16.7 Å². The molecule has 0 atom stereocenters. The number of likely N-dealkylation sites (N-methyl/N-ethyl adjacent to an activating group) is 1. The van der Waals surface area contributed by atoms with E-state index in [1.807, 2.05) is 11.9 Å². The van der Waals surface area contributed by atoms with Gasteiger partial charge in [0.2, 0.25) is 5.91 Å². The molecule has 1 saturated heterocycles. The molecule has 0 radical (unpaired) electrons. The average Bonchev–Trinajstić information content (AvgIpc) is 3.36. The molecule has 28 heavy (non-hydrogen) atoms. The van der Waals surface area contributed by atoms with Crippen molar-refractivity contribution in [2.45, 2.75) is 57.5 Å². The summed E-state index contributed by atoms with van der Waals surface area (Å²) >= 11 is 0. The molecule has 2 fully saturated rings. The summed E-state index contributed by atoms with van der Waals surface area (Å²) < 4.78 is 6.64. The van der Waals surface area contributed by atoms with Crippen molar-refractivity contribution in [1.82, 2.24) is 14.4 Å². The molecule has 1 aliphatic heterocycles. The second-order valence-corrected chi connectivity index (χ2v) is 7.93. The highest BCUT2D eigenvalue weighted by Gasteiger charge is 2.25. The molecular weight excluding hydrogens is 358 g/mol. The molecule has 1 saturated carbocycles. The molecule has 0 bridgehead atoms. The van der Waals surface area contributed by atoms with Gasteiger partial charge in [-0.25, -0.2) is 4.79 Å². The SMILES string of the molecule is CN(C(=O)Cn1c(=O)oc2ccc(C(=O)N3CCCC3)cc21)C1CCCCC1. The van der Waals surface area contributed by atoms with Gasteiger partial charge in [0.1, 0.15) is 6.54 Å². The molecule has 2 amide bonds. The first kappa shape index (κ1) is 18.8. The number of benzene rings is 1. The summed E-state index contributed by atoms with van der Waals surface area (Å²) in [5, 5.41) is 0. The van der Waals surface area contributed by atoms with Crippen LogP contribution in [-0.2, 0) is 11.3 Å². The zero-order valence-corrected chi connectivity index (χ0v) is 16.4. The summed E-state index contributed by atoms with van der Waals surface area (Å²) in [5.74, 6) is -0.704. The van der Waals surface area contributed by atoms with E-state index < -0.39 is 5.76 Å². The third-order valence-corrected chi connectivity index (χ3v) is 6.12. The summed E-state index contributed by atoms with van der Waals surface area (Å²) in [6, 6.07) is 5.25. The Kier molecular flexibility index (Phi) is 5.24. The highest BCUT2D eigenvalue weighted by atomic mass is 16.4. The molecule has 7 heteroatoms. The fourth-order valence-corrected chi connectivity index (χ4v) is 4.37. The van der Waals surface area contributed by atoms with Gasteiger partial charge in [0.05, 0.1) is 5.52 Å². The smallest absolute Gasteiger partial charge is 0.408 e. The number of hydrogen-bond donors (Lipinski definition) is 0. The fraction of sp³-hybridized carbons (Fsp3) is 0.571. The summed E-state index contributed by atoms with van der Waals surface area (Å²) in [7, 11) is 1.81. The number of oxazole rings is 1. The van der Waals surface area contributed by atoms with Gasteiger partial charge < -0.3 is 14.2 Å². The van der Waals surface area contributed by atoms with Crippen molar-refractivity contribution in [3.63, 3.8) is 0 Å². The van der Waals surface area contributed by atoms with Gasteiger partial charge in [-0.05, 0) is 43.9 Å². The zero-order chi connectivity index (χ0) is 19.7. The molecule has 1 aromatic carbocycles. The normalized spacial score (nSPS) is 18.0. The van der Waals surface area contributed by atoms with Crippen LogP contribution >= 0.6 is 0 Å². The van der Waals surface area contributed by atoms with E-state index >= 15 is 0 Å². The van der Waals surface area contributed by atoms with Crippen molar-refractivity contribution in [2.24, 2.45) is 0 Å². The van der Waals surface area contributed by atoms with Crippen LogP contribution in [0.4, 0.5) is 0 Å². The van der Waals surface area contributed by atoms with Gasteiger partial charge in [-0.2, -0.15) is 0 Å². The van der Waals surface area contributed by atoms with Gasteiger partial charge in [-0.15, -0.1) is 0 Å². The molecule has 2 aliphatic rings. The van der Waals surface area contributed by atoms with Crippen LogP contribution < -0.4 is 5.76 Å². The van der Waals surface area contributed by atoms with Crippen molar-refractivity contribution >= 4 is 22.9 Å². The van der Waals surface area contributed by atoms with E-state index in [1.165, 1.54) is 11.0 Å². The third-order valence-electron chi connectivity index (χ3n) is 6.12. The van der Waals surface area contributed by atoms with E-state index in [9.17, 15) is 14.4 Å². The largest absolute Gasteiger partial charge is 0.420 e. The lowest BCUT2D eigenvalue weighted by Gasteiger charge is -2.31. The van der Waals surface area contributed by atoms with Crippen LogP contribution in [0.5, 0.6) is 0 Å². The number of carbonyl (C=O) groups is 2. The van der Waals surface area contributed by atoms with Crippen molar-refractivity contribution in [3.05, 3.63) is 34.3 Å². The Hall–Kier alpha value is -2.57. The van der Waals surface area contributed by atoms with Crippen LogP contribution in [-0.4, -0.2) is 52.4 Å². The topological polar surface area (TPSA) is 75.8 Å². The van der Waals surface area contributed by atoms with Gasteiger partial charge in [-0.1, -0.05) is 19.3 Å². The molecule has 0 unspecified atom stereocenters. The van der Waals surface area contributed by atoms with Crippen LogP contribution in [0.1, 0.15) is 55.3 Å². The Balaban J connectivity index is 1.58. The first-order valence-corrected chi connectivity index (χ1v) is 10.2. The standard InChI is InChI=1S/C21H27N3O4/c1-22(16-7-3-2-4-8-16)19(25)14-24-17-13-15(9-10-18(17)28-21(24)27)20(26)23-11-5-6-12-23/h9-10,13,16H,2-8,11-12,14H2,1H3. The van der Waals surface area contributed by atoms with Crippen LogP contribution in [0.3, 0.4) is 0 Å². The Bertz CT molecular complexity index is 933. The van der Waals surface area contributed by atoms with E-state index in [-0.39, 0.29) is 24.4 Å². The van der Waals surface area contributed by atoms with Crippen LogP contribution in [0, 0.1) is 0 Å². The van der Waals surface area contributed by atoms with Gasteiger partial charge in [-0.3, -0.25) is 14.2 Å². The quantitative estimate of drug-likeness (QED) is 0.811. The first-order valence-electron chi connectivity index (χ1n) is 10.2. The molecule has 0 spiro atoms. The number of rotatable bonds is 4. The van der Waals surface area contributed by atoms with E-state index in [0.717, 1.165) is 51.6 Å². The zero-order valence-electron chi connectivity index (χ0n) is 16.4. The molecule has 0 N–H and O–H groups in total. The van der Waals surface area contributed by atoms with Crippen molar-refractivity contribution in [2.75, 3.05) is 20.1 Å². The number of carbonyl (C=O) groups excluding carboxylic acids is 2. The van der Waals surface area contributed by atoms with Gasteiger partial charge in [0, 0.05) is 31.7 Å². The Morgan fingerprint density at radius 2 is 1.82 bits per heavy atom. The Labute approximate surface area is 163 Å². The van der Waals surface area contributed by atoms with E-state index in [2.05, 4.69) is 0 Å². The minimum absolute atomic E-state index is 0.0368. The molecule has 4 rings (SSSR count). The fourth-order valence-electron chi connectivity index (χ4n) is 4.37. The number of aromatic nitrogens is 1. The highest BCUT2D eigenvalue weighted by Crippen LogP contribution is 2.23. The number of hydrogen-bond acceptors (Lipinski definition) is 4. The van der Waals surface area contributed by atoms with Crippen LogP contribution in [0.15, 0.2) is 27.4 Å². The maximum atomic E-state index is 12.8. The predicted molar refractivity (Wildman–Crippen MR) is 105 cm³/mol. The lowest BCUT2D eigenvalue weighted by molar-refractivity contribution is -0.133. The van der Waals surface area contributed by atoms with E-state index in [4.69, 9.17) is 4.42 Å². The lowest BCUT2D eigenvalue weighted by atomic mass is 9.94. The monoisotopic (exact) mass is 385 g/mol. The maximum Gasteiger partial charge on any atom is 0.420 e. The summed E-state index contributed by atoms with van der Waals surface area (Å²) in [4.78, 5) is 41.4. The molecule has 150 valence electrons. The molecule has 1 aliphatic carbocycles. The van der Waals surface area contributed by atoms with Crippen LogP contribution in [0.25, 0.3) is 11.1 Å². The number of nitrogens with zero attached hydrogens (tertiary/aromatic N) is 3. The second kappa shape index (κ2) is 7.81. The molecule has 2 aromatic rings. The Morgan fingerprint density at radius 1 is 1.11 bits per heavy atom.